The molecule has 0 unspecified atom stereocenters. The van der Waals surface area contributed by atoms with Crippen LogP contribution >= 0.6 is 0 Å². The normalized spacial score (nSPS) is 10.6. The first-order valence-corrected chi connectivity index (χ1v) is 5.66. The van der Waals surface area contributed by atoms with Crippen LogP contribution in [0.4, 0.5) is 0 Å². The van der Waals surface area contributed by atoms with Gasteiger partial charge in [0.15, 0.2) is 5.69 Å². The zero-order valence-electron chi connectivity index (χ0n) is 10.1. The molecule has 0 fully saturated rings. The van der Waals surface area contributed by atoms with Crippen LogP contribution in [0.2, 0.25) is 0 Å². The van der Waals surface area contributed by atoms with Crippen LogP contribution in [-0.4, -0.2) is 25.2 Å². The van der Waals surface area contributed by atoms with Crippen molar-refractivity contribution in [1.82, 2.24) is 20.1 Å². The van der Waals surface area contributed by atoms with Gasteiger partial charge in [-0.2, -0.15) is 4.98 Å². The number of nitrogens with zero attached hydrogens (tertiary/aromatic N) is 4. The molecule has 19 heavy (non-hydrogen) atoms. The molecule has 3 aromatic rings. The number of aryl methyl sites for hydroxylation is 1. The maximum Gasteiger partial charge on any atom is 0.280 e. The topological polar surface area (TPSA) is 84.9 Å². The number of aromatic hydroxyl groups is 1. The summed E-state index contributed by atoms with van der Waals surface area (Å²) in [5, 5.41) is 13.5. The lowest BCUT2D eigenvalue weighted by Crippen LogP contribution is -1.88. The highest BCUT2D eigenvalue weighted by molar-refractivity contribution is 5.59. The maximum absolute atomic E-state index is 9.68. The molecule has 6 heteroatoms. The van der Waals surface area contributed by atoms with E-state index in [1.54, 1.807) is 18.3 Å². The van der Waals surface area contributed by atoms with Gasteiger partial charge >= 0.3 is 0 Å². The second-order valence-electron chi connectivity index (χ2n) is 3.96. The monoisotopic (exact) mass is 254 g/mol. The summed E-state index contributed by atoms with van der Waals surface area (Å²) < 4.78 is 5.10. The van der Waals surface area contributed by atoms with E-state index in [0.717, 1.165) is 5.69 Å². The molecule has 0 aliphatic rings. The van der Waals surface area contributed by atoms with E-state index in [4.69, 9.17) is 4.52 Å². The quantitative estimate of drug-likeness (QED) is 0.754. The lowest BCUT2D eigenvalue weighted by Gasteiger charge is -1.96. The summed E-state index contributed by atoms with van der Waals surface area (Å²) >= 11 is 0. The van der Waals surface area contributed by atoms with Crippen LogP contribution < -0.4 is 0 Å². The molecule has 0 aliphatic carbocycles. The van der Waals surface area contributed by atoms with Crippen LogP contribution in [0.25, 0.3) is 23.1 Å². The van der Waals surface area contributed by atoms with Gasteiger partial charge in [-0.05, 0) is 31.2 Å². The molecule has 0 spiro atoms. The van der Waals surface area contributed by atoms with Crippen molar-refractivity contribution in [1.29, 1.82) is 0 Å². The minimum absolute atomic E-state index is 0.00472. The summed E-state index contributed by atoms with van der Waals surface area (Å²) in [7, 11) is 0. The van der Waals surface area contributed by atoms with Gasteiger partial charge in [-0.1, -0.05) is 11.2 Å². The highest BCUT2D eigenvalue weighted by atomic mass is 16.5. The Labute approximate surface area is 108 Å². The molecule has 0 saturated carbocycles. The molecule has 0 bridgehead atoms. The molecular weight excluding hydrogens is 244 g/mol. The zero-order valence-corrected chi connectivity index (χ0v) is 10.1. The molecular formula is C13H10N4O2. The zero-order chi connectivity index (χ0) is 13.2. The van der Waals surface area contributed by atoms with E-state index in [2.05, 4.69) is 20.1 Å². The Morgan fingerprint density at radius 2 is 2.00 bits per heavy atom. The van der Waals surface area contributed by atoms with E-state index >= 15 is 0 Å². The number of hydrogen-bond donors (Lipinski definition) is 1. The van der Waals surface area contributed by atoms with Crippen molar-refractivity contribution in [2.24, 2.45) is 0 Å². The van der Waals surface area contributed by atoms with Gasteiger partial charge in [-0.15, -0.1) is 0 Å². The van der Waals surface area contributed by atoms with E-state index in [-0.39, 0.29) is 17.3 Å². The van der Waals surface area contributed by atoms with E-state index in [9.17, 15) is 5.11 Å². The van der Waals surface area contributed by atoms with Crippen molar-refractivity contribution in [3.63, 3.8) is 0 Å². The molecule has 1 N–H and O–H groups in total. The second kappa shape index (κ2) is 4.49. The summed E-state index contributed by atoms with van der Waals surface area (Å²) in [6, 6.07) is 8.68. The Morgan fingerprint density at radius 1 is 1.11 bits per heavy atom. The molecule has 0 aliphatic heterocycles. The van der Waals surface area contributed by atoms with Crippen LogP contribution in [-0.2, 0) is 0 Å². The van der Waals surface area contributed by atoms with Crippen LogP contribution in [0.5, 0.6) is 5.75 Å². The van der Waals surface area contributed by atoms with Gasteiger partial charge in [-0.25, -0.2) is 9.97 Å². The molecule has 94 valence electrons. The van der Waals surface area contributed by atoms with Crippen LogP contribution in [0.15, 0.2) is 41.1 Å². The van der Waals surface area contributed by atoms with Crippen LogP contribution in [0.3, 0.4) is 0 Å². The second-order valence-corrected chi connectivity index (χ2v) is 3.96. The lowest BCUT2D eigenvalue weighted by molar-refractivity contribution is 0.423. The largest absolute Gasteiger partial charge is 0.505 e. The Kier molecular flexibility index (Phi) is 2.68. The van der Waals surface area contributed by atoms with Gasteiger partial charge in [0.2, 0.25) is 5.82 Å². The molecule has 0 amide bonds. The predicted molar refractivity (Wildman–Crippen MR) is 67.2 cm³/mol. The summed E-state index contributed by atoms with van der Waals surface area (Å²) in [6.45, 7) is 1.88. The fourth-order valence-corrected chi connectivity index (χ4v) is 1.65. The average Bonchev–Trinajstić information content (AvgIpc) is 2.89. The van der Waals surface area contributed by atoms with Gasteiger partial charge in [0.25, 0.3) is 5.89 Å². The molecule has 3 aromatic heterocycles. The smallest absolute Gasteiger partial charge is 0.280 e. The Balaban J connectivity index is 2.03. The maximum atomic E-state index is 9.68. The van der Waals surface area contributed by atoms with Crippen molar-refractivity contribution >= 4 is 0 Å². The Morgan fingerprint density at radius 3 is 2.79 bits per heavy atom. The first kappa shape index (κ1) is 11.3. The third-order valence-electron chi connectivity index (χ3n) is 2.53. The van der Waals surface area contributed by atoms with Gasteiger partial charge in [0, 0.05) is 11.9 Å². The first-order valence-electron chi connectivity index (χ1n) is 5.66. The van der Waals surface area contributed by atoms with Crippen molar-refractivity contribution < 1.29 is 9.63 Å². The molecule has 3 heterocycles. The summed E-state index contributed by atoms with van der Waals surface area (Å²) in [4.78, 5) is 12.5. The van der Waals surface area contributed by atoms with Crippen LogP contribution in [0, 0.1) is 6.92 Å². The molecule has 0 radical (unpaired) electrons. The van der Waals surface area contributed by atoms with Gasteiger partial charge in [-0.3, -0.25) is 0 Å². The molecule has 0 atom stereocenters. The average molecular weight is 254 g/mol. The van der Waals surface area contributed by atoms with E-state index in [1.165, 1.54) is 6.07 Å². The van der Waals surface area contributed by atoms with E-state index < -0.39 is 0 Å². The minimum atomic E-state index is -0.00472. The van der Waals surface area contributed by atoms with Gasteiger partial charge in [0.05, 0.1) is 0 Å². The van der Waals surface area contributed by atoms with E-state index in [0.29, 0.717) is 11.5 Å². The van der Waals surface area contributed by atoms with Crippen LogP contribution in [0.1, 0.15) is 5.69 Å². The highest BCUT2D eigenvalue weighted by Gasteiger charge is 2.15. The summed E-state index contributed by atoms with van der Waals surface area (Å²) in [5.74, 6) is 0.523. The van der Waals surface area contributed by atoms with E-state index in [1.807, 2.05) is 19.1 Å². The predicted octanol–water partition coefficient (Wildman–Crippen LogP) is 2.21. The fraction of sp³-hybridized carbons (Fsp3) is 0.0769. The summed E-state index contributed by atoms with van der Waals surface area (Å²) in [5.41, 5.74) is 1.74. The number of rotatable bonds is 2. The molecule has 3 rings (SSSR count). The van der Waals surface area contributed by atoms with Crippen molar-refractivity contribution in [2.45, 2.75) is 6.92 Å². The third kappa shape index (κ3) is 2.15. The van der Waals surface area contributed by atoms with Gasteiger partial charge in [0.1, 0.15) is 11.4 Å². The van der Waals surface area contributed by atoms with Gasteiger partial charge < -0.3 is 9.63 Å². The molecule has 6 nitrogen and oxygen atoms in total. The number of pyridine rings is 2. The number of aromatic nitrogens is 4. The fourth-order valence-electron chi connectivity index (χ4n) is 1.65. The molecule has 0 aromatic carbocycles. The molecule has 0 saturated heterocycles. The summed E-state index contributed by atoms with van der Waals surface area (Å²) in [6.07, 6.45) is 1.55. The first-order chi connectivity index (χ1) is 9.24. The Bertz CT molecular complexity index is 724. The lowest BCUT2D eigenvalue weighted by atomic mass is 10.3. The number of hydrogen-bond acceptors (Lipinski definition) is 6. The standard InChI is InChI=1S/C13H10N4O2/c1-8-4-2-5-9(15-8)12-16-13(19-17-12)11-10(18)6-3-7-14-11/h2-7,18H,1H3. The minimum Gasteiger partial charge on any atom is -0.505 e. The Hall–Kier alpha value is -2.76. The third-order valence-corrected chi connectivity index (χ3v) is 2.53. The van der Waals surface area contributed by atoms with Crippen molar-refractivity contribution in [2.75, 3.05) is 0 Å². The SMILES string of the molecule is Cc1cccc(-c2noc(-c3ncccc3O)n2)n1. The van der Waals surface area contributed by atoms with Crippen molar-refractivity contribution in [3.8, 4) is 28.9 Å². The van der Waals surface area contributed by atoms with Crippen molar-refractivity contribution in [3.05, 3.63) is 42.2 Å². The highest BCUT2D eigenvalue weighted by Crippen LogP contribution is 2.26.